The van der Waals surface area contributed by atoms with Gasteiger partial charge in [0.2, 0.25) is 0 Å². The van der Waals surface area contributed by atoms with Crippen molar-refractivity contribution < 1.29 is 4.21 Å². The van der Waals surface area contributed by atoms with Crippen molar-refractivity contribution >= 4 is 22.2 Å². The smallest absolute Gasteiger partial charge is 0.125 e. The van der Waals surface area contributed by atoms with Crippen molar-refractivity contribution in [3.63, 3.8) is 0 Å². The molecule has 0 bridgehead atoms. The summed E-state index contributed by atoms with van der Waals surface area (Å²) in [6.07, 6.45) is 6.90. The minimum atomic E-state index is -1.21. The van der Waals surface area contributed by atoms with E-state index in [1.807, 2.05) is 39.0 Å². The van der Waals surface area contributed by atoms with Crippen LogP contribution in [0.4, 0.5) is 5.69 Å². The van der Waals surface area contributed by atoms with Crippen molar-refractivity contribution in [1.29, 1.82) is 0 Å². The van der Waals surface area contributed by atoms with Crippen LogP contribution in [0, 0.1) is 0 Å². The van der Waals surface area contributed by atoms with E-state index in [2.05, 4.69) is 10.8 Å². The van der Waals surface area contributed by atoms with E-state index in [9.17, 15) is 4.21 Å². The number of benzene rings is 1. The molecular formula is C16H24N2OS. The van der Waals surface area contributed by atoms with Crippen LogP contribution in [0.3, 0.4) is 0 Å². The second-order valence-corrected chi connectivity index (χ2v) is 7.56. The van der Waals surface area contributed by atoms with Crippen LogP contribution in [0.15, 0.2) is 29.2 Å². The molecule has 0 radical (unpaired) electrons. The molecule has 0 aromatic heterocycles. The van der Waals surface area contributed by atoms with E-state index in [1.54, 1.807) is 0 Å². The zero-order valence-corrected chi connectivity index (χ0v) is 13.3. The van der Waals surface area contributed by atoms with Crippen molar-refractivity contribution in [2.24, 2.45) is 0 Å². The average Bonchev–Trinajstić information content (AvgIpc) is 2.38. The van der Waals surface area contributed by atoms with E-state index in [-0.39, 0.29) is 5.54 Å². The van der Waals surface area contributed by atoms with Gasteiger partial charge in [-0.2, -0.15) is 0 Å². The minimum Gasteiger partial charge on any atom is -0.398 e. The van der Waals surface area contributed by atoms with E-state index in [4.69, 9.17) is 5.73 Å². The summed E-state index contributed by atoms with van der Waals surface area (Å²) >= 11 is 0. The fraction of sp³-hybridized carbons (Fsp3) is 0.500. The van der Waals surface area contributed by atoms with Crippen molar-refractivity contribution in [3.05, 3.63) is 29.8 Å². The molecule has 4 heteroatoms. The summed E-state index contributed by atoms with van der Waals surface area (Å²) in [7, 11) is -1.21. The highest BCUT2D eigenvalue weighted by atomic mass is 32.2. The van der Waals surface area contributed by atoms with Crippen molar-refractivity contribution in [2.75, 3.05) is 5.73 Å². The van der Waals surface area contributed by atoms with Crippen LogP contribution in [0.2, 0.25) is 0 Å². The van der Waals surface area contributed by atoms with Gasteiger partial charge in [0.25, 0.3) is 0 Å². The summed E-state index contributed by atoms with van der Waals surface area (Å²) in [6, 6.07) is 5.68. The van der Waals surface area contributed by atoms with E-state index >= 15 is 0 Å². The van der Waals surface area contributed by atoms with Crippen LogP contribution in [0.25, 0.3) is 5.57 Å². The first kappa shape index (κ1) is 15.3. The molecule has 1 aromatic carbocycles. The van der Waals surface area contributed by atoms with Gasteiger partial charge in [-0.1, -0.05) is 6.08 Å². The maximum Gasteiger partial charge on any atom is 0.125 e. The monoisotopic (exact) mass is 292 g/mol. The first-order chi connectivity index (χ1) is 9.37. The van der Waals surface area contributed by atoms with E-state index < -0.39 is 11.0 Å². The Balaban J connectivity index is 2.29. The first-order valence-corrected chi connectivity index (χ1v) is 8.30. The first-order valence-electron chi connectivity index (χ1n) is 7.15. The predicted octanol–water partition coefficient (Wildman–Crippen LogP) is 3.64. The number of rotatable bonds is 3. The normalized spacial score (nSPS) is 17.6. The molecular weight excluding hydrogens is 268 g/mol. The fourth-order valence-electron chi connectivity index (χ4n) is 2.35. The van der Waals surface area contributed by atoms with Gasteiger partial charge in [0.05, 0.1) is 4.90 Å². The Morgan fingerprint density at radius 3 is 2.60 bits per heavy atom. The lowest BCUT2D eigenvalue weighted by molar-refractivity contribution is 0.519. The highest BCUT2D eigenvalue weighted by Crippen LogP contribution is 2.31. The maximum atomic E-state index is 12.3. The number of hydrogen-bond donors (Lipinski definition) is 2. The Morgan fingerprint density at radius 1 is 1.25 bits per heavy atom. The summed E-state index contributed by atoms with van der Waals surface area (Å²) < 4.78 is 15.4. The third kappa shape index (κ3) is 3.93. The molecule has 0 fully saturated rings. The average molecular weight is 292 g/mol. The summed E-state index contributed by atoms with van der Waals surface area (Å²) in [6.45, 7) is 6.02. The van der Waals surface area contributed by atoms with Gasteiger partial charge in [-0.25, -0.2) is 8.93 Å². The molecule has 0 saturated heterocycles. The molecule has 110 valence electrons. The third-order valence-electron chi connectivity index (χ3n) is 3.27. The fourth-order valence-corrected chi connectivity index (χ4v) is 3.44. The molecule has 0 aliphatic heterocycles. The van der Waals surface area contributed by atoms with Gasteiger partial charge in [-0.05, 0) is 70.2 Å². The van der Waals surface area contributed by atoms with Crippen LogP contribution < -0.4 is 10.5 Å². The molecule has 0 spiro atoms. The van der Waals surface area contributed by atoms with Gasteiger partial charge in [0.15, 0.2) is 0 Å². The molecule has 1 aliphatic rings. The van der Waals surface area contributed by atoms with Gasteiger partial charge in [0.1, 0.15) is 11.0 Å². The molecule has 2 rings (SSSR count). The molecule has 1 atom stereocenters. The molecule has 3 nitrogen and oxygen atoms in total. The van der Waals surface area contributed by atoms with Crippen molar-refractivity contribution in [2.45, 2.75) is 56.9 Å². The van der Waals surface area contributed by atoms with E-state index in [0.717, 1.165) is 29.0 Å². The Hall–Kier alpha value is -1.13. The van der Waals surface area contributed by atoms with E-state index in [1.165, 1.54) is 18.4 Å². The number of nitrogens with two attached hydrogens (primary N) is 1. The maximum absolute atomic E-state index is 12.3. The second-order valence-electron chi connectivity index (χ2n) is 6.34. The molecule has 20 heavy (non-hydrogen) atoms. The largest absolute Gasteiger partial charge is 0.398 e. The molecule has 0 saturated carbocycles. The van der Waals surface area contributed by atoms with Gasteiger partial charge in [-0.3, -0.25) is 0 Å². The molecule has 1 aromatic rings. The number of nitrogens with one attached hydrogen (secondary N) is 1. The Kier molecular flexibility index (Phi) is 4.66. The summed E-state index contributed by atoms with van der Waals surface area (Å²) in [5.41, 5.74) is 9.02. The van der Waals surface area contributed by atoms with Crippen LogP contribution in [0.5, 0.6) is 0 Å². The molecule has 1 aliphatic carbocycles. The number of hydrogen-bond acceptors (Lipinski definition) is 2. The predicted molar refractivity (Wildman–Crippen MR) is 86.6 cm³/mol. The van der Waals surface area contributed by atoms with E-state index in [0.29, 0.717) is 0 Å². The van der Waals surface area contributed by atoms with Gasteiger partial charge in [0, 0.05) is 16.8 Å². The number of allylic oxidation sites excluding steroid dienone is 2. The Bertz CT molecular complexity index is 544. The Morgan fingerprint density at radius 2 is 2.00 bits per heavy atom. The molecule has 0 heterocycles. The minimum absolute atomic E-state index is 0.184. The second kappa shape index (κ2) is 6.10. The van der Waals surface area contributed by atoms with Crippen molar-refractivity contribution in [3.8, 4) is 0 Å². The summed E-state index contributed by atoms with van der Waals surface area (Å²) in [5, 5.41) is 0. The zero-order valence-electron chi connectivity index (χ0n) is 12.5. The zero-order chi connectivity index (χ0) is 14.8. The lowest BCUT2D eigenvalue weighted by atomic mass is 9.93. The highest BCUT2D eigenvalue weighted by Gasteiger charge is 2.17. The topological polar surface area (TPSA) is 55.1 Å². The van der Waals surface area contributed by atoms with Crippen LogP contribution >= 0.6 is 0 Å². The SMILES string of the molecule is CC(C)(C)NS(=O)c1ccc(N)c(C2=CCCCC2)c1. The molecule has 3 N–H and O–H groups in total. The lowest BCUT2D eigenvalue weighted by Crippen LogP contribution is -2.37. The quantitative estimate of drug-likeness (QED) is 0.836. The lowest BCUT2D eigenvalue weighted by Gasteiger charge is -2.20. The van der Waals surface area contributed by atoms with Crippen LogP contribution in [-0.2, 0) is 11.0 Å². The highest BCUT2D eigenvalue weighted by molar-refractivity contribution is 7.83. The van der Waals surface area contributed by atoms with Crippen LogP contribution in [-0.4, -0.2) is 9.75 Å². The Labute approximate surface area is 124 Å². The standard InChI is InChI=1S/C16H24N2OS/c1-16(2,3)18-20(19)13-9-10-15(17)14(11-13)12-7-5-4-6-8-12/h7,9-11,18H,4-6,8,17H2,1-3H3. The van der Waals surface area contributed by atoms with Gasteiger partial charge in [-0.15, -0.1) is 0 Å². The van der Waals surface area contributed by atoms with Gasteiger partial charge < -0.3 is 5.73 Å². The third-order valence-corrected chi connectivity index (χ3v) is 4.75. The molecule has 0 amide bonds. The van der Waals surface area contributed by atoms with Crippen LogP contribution in [0.1, 0.15) is 52.0 Å². The van der Waals surface area contributed by atoms with Gasteiger partial charge >= 0.3 is 0 Å². The molecule has 1 unspecified atom stereocenters. The summed E-state index contributed by atoms with van der Waals surface area (Å²) in [5.74, 6) is 0. The number of anilines is 1. The van der Waals surface area contributed by atoms with Crippen molar-refractivity contribution in [1.82, 2.24) is 4.72 Å². The number of nitrogen functional groups attached to an aromatic ring is 1. The summed E-state index contributed by atoms with van der Waals surface area (Å²) in [4.78, 5) is 0.788.